The number of aliphatic hydroxyl groups excluding tert-OH is 1. The van der Waals surface area contributed by atoms with Crippen LogP contribution in [0.15, 0.2) is 36.5 Å². The van der Waals surface area contributed by atoms with Gasteiger partial charge in [-0.1, -0.05) is 45.9 Å². The molecular formula is C43H64N4O10. The molecule has 0 radical (unpaired) electrons. The average Bonchev–Trinajstić information content (AvgIpc) is 3.45. The van der Waals surface area contributed by atoms with Gasteiger partial charge in [0.25, 0.3) is 0 Å². The van der Waals surface area contributed by atoms with E-state index < -0.39 is 83.4 Å². The molecule has 0 saturated carbocycles. The summed E-state index contributed by atoms with van der Waals surface area (Å²) in [4.78, 5) is 63.1. The molecule has 1 aromatic heterocycles. The number of hydrogen-bond acceptors (Lipinski definition) is 13. The number of likely N-dealkylation sites (N-methyl/N-ethyl adjacent to an activating group) is 1. The van der Waals surface area contributed by atoms with Gasteiger partial charge in [-0.3, -0.25) is 19.4 Å². The number of fused-ring (bicyclic) bond motifs is 2. The number of pyridine rings is 1. The SMILES string of the molecule is CC[C@H]1OC(=O)C(C)C(=O)[C@H](C)[C@@H](O[C@@H]2O[C@H](C)C[C@H](N(C)C)[C@H]2O)[C@@](C)(OC)C[C@@H](C)C(=O)[C@H](C)[C@H]2N(NCCCc3ccnc4ccccc34)C(=O)O[C@]12C. The van der Waals surface area contributed by atoms with E-state index in [4.69, 9.17) is 23.7 Å². The summed E-state index contributed by atoms with van der Waals surface area (Å²) in [6.07, 6.45) is -1.07. The van der Waals surface area contributed by atoms with Crippen LogP contribution in [0.5, 0.6) is 0 Å². The van der Waals surface area contributed by atoms with E-state index >= 15 is 0 Å². The monoisotopic (exact) mass is 796 g/mol. The largest absolute Gasteiger partial charge is 0.458 e. The highest BCUT2D eigenvalue weighted by molar-refractivity contribution is 6.00. The summed E-state index contributed by atoms with van der Waals surface area (Å²) in [6.45, 7) is 14.3. The minimum Gasteiger partial charge on any atom is -0.458 e. The number of aromatic nitrogens is 1. The lowest BCUT2D eigenvalue weighted by Crippen LogP contribution is -2.61. The fourth-order valence-corrected chi connectivity index (χ4v) is 9.38. The van der Waals surface area contributed by atoms with Gasteiger partial charge in [0.1, 0.15) is 30.0 Å². The van der Waals surface area contributed by atoms with Gasteiger partial charge in [0.2, 0.25) is 0 Å². The number of ketones is 2. The fourth-order valence-electron chi connectivity index (χ4n) is 9.38. The Bertz CT molecular complexity index is 1750. The van der Waals surface area contributed by atoms with Crippen molar-refractivity contribution >= 4 is 34.5 Å². The number of hydrogen-bond donors (Lipinski definition) is 2. The summed E-state index contributed by atoms with van der Waals surface area (Å²) in [6, 6.07) is 8.76. The van der Waals surface area contributed by atoms with Gasteiger partial charge in [0, 0.05) is 49.0 Å². The minimum absolute atomic E-state index is 0.117. The number of para-hydroxylation sites is 1. The van der Waals surface area contributed by atoms with Crippen molar-refractivity contribution < 1.29 is 48.0 Å². The molecule has 1 aromatic carbocycles. The lowest BCUT2D eigenvalue weighted by atomic mass is 9.73. The number of carbonyl (C=O) groups is 4. The highest BCUT2D eigenvalue weighted by atomic mass is 16.7. The van der Waals surface area contributed by atoms with Crippen LogP contribution >= 0.6 is 0 Å². The van der Waals surface area contributed by atoms with Crippen LogP contribution in [0.3, 0.4) is 0 Å². The Kier molecular flexibility index (Phi) is 14.2. The standard InChI is InChI=1S/C43H64N4O10/c1-12-33-43(8)37(47(41(52)57-43)45-20-15-16-29-19-21-44-31-18-14-13-17-30(29)31)26(4)34(48)24(2)23-42(7,53-11)38(27(5)35(49)28(6)39(51)55-33)56-40-36(50)32(46(9)10)22-25(3)54-40/h13-14,17-19,21,24-28,32-33,36-38,40,45,50H,12,15-16,20,22-23H2,1-11H3/t24-,25-,26+,27+,28?,32+,33-,36-,37-,38-,40+,42+,43-/m1/s1. The Morgan fingerprint density at radius 1 is 1.02 bits per heavy atom. The summed E-state index contributed by atoms with van der Waals surface area (Å²) in [5.74, 6) is -5.08. The van der Waals surface area contributed by atoms with Crippen molar-refractivity contribution in [2.75, 3.05) is 27.7 Å². The molecule has 13 atom stereocenters. The number of aliphatic hydroxyl groups is 1. The van der Waals surface area contributed by atoms with Crippen LogP contribution in [-0.2, 0) is 44.5 Å². The fraction of sp³-hybridized carbons (Fsp3) is 0.698. The van der Waals surface area contributed by atoms with Gasteiger partial charge < -0.3 is 33.7 Å². The number of aryl methyl sites for hydroxylation is 1. The second-order valence-electron chi connectivity index (χ2n) is 17.1. The number of methoxy groups -OCH3 is 1. The van der Waals surface area contributed by atoms with Crippen molar-refractivity contribution in [2.24, 2.45) is 23.7 Å². The molecule has 2 aromatic rings. The first-order chi connectivity index (χ1) is 26.9. The first-order valence-electron chi connectivity index (χ1n) is 20.4. The Hall–Kier alpha value is -3.53. The third-order valence-corrected chi connectivity index (χ3v) is 12.7. The summed E-state index contributed by atoms with van der Waals surface area (Å²) in [5.41, 5.74) is 2.57. The zero-order chi connectivity index (χ0) is 42.0. The number of benzene rings is 1. The molecular weight excluding hydrogens is 732 g/mol. The van der Waals surface area contributed by atoms with E-state index in [0.717, 1.165) is 16.5 Å². The summed E-state index contributed by atoms with van der Waals surface area (Å²) < 4.78 is 31.1. The van der Waals surface area contributed by atoms with Crippen molar-refractivity contribution in [3.8, 4) is 0 Å². The van der Waals surface area contributed by atoms with E-state index in [-0.39, 0.29) is 30.8 Å². The van der Waals surface area contributed by atoms with Crippen molar-refractivity contribution in [1.82, 2.24) is 20.3 Å². The number of nitrogens with zero attached hydrogens (tertiary/aromatic N) is 3. The van der Waals surface area contributed by atoms with Crippen LogP contribution in [-0.4, -0.2) is 125 Å². The Balaban J connectivity index is 1.47. The predicted molar refractivity (Wildman–Crippen MR) is 213 cm³/mol. The maximum atomic E-state index is 14.7. The molecule has 3 aliphatic rings. The lowest BCUT2D eigenvalue weighted by Gasteiger charge is -2.47. The first-order valence-corrected chi connectivity index (χ1v) is 20.4. The molecule has 316 valence electrons. The van der Waals surface area contributed by atoms with Crippen molar-refractivity contribution in [2.45, 2.75) is 141 Å². The van der Waals surface area contributed by atoms with E-state index in [2.05, 4.69) is 10.4 Å². The second-order valence-corrected chi connectivity index (χ2v) is 17.1. The summed E-state index contributed by atoms with van der Waals surface area (Å²) in [5, 5.41) is 13.9. The van der Waals surface area contributed by atoms with Crippen molar-refractivity contribution in [1.29, 1.82) is 0 Å². The van der Waals surface area contributed by atoms with Gasteiger partial charge in [-0.15, -0.1) is 0 Å². The maximum absolute atomic E-state index is 14.7. The molecule has 4 heterocycles. The second kappa shape index (κ2) is 18.2. The zero-order valence-corrected chi connectivity index (χ0v) is 35.5. The van der Waals surface area contributed by atoms with Gasteiger partial charge in [-0.2, -0.15) is 0 Å². The lowest BCUT2D eigenvalue weighted by molar-refractivity contribution is -0.295. The molecule has 3 fully saturated rings. The number of carbonyl (C=O) groups excluding carboxylic acids is 4. The maximum Gasteiger partial charge on any atom is 0.425 e. The molecule has 3 saturated heterocycles. The van der Waals surface area contributed by atoms with E-state index in [0.29, 0.717) is 25.8 Å². The third kappa shape index (κ3) is 9.06. The van der Waals surface area contributed by atoms with Gasteiger partial charge in [0.15, 0.2) is 17.7 Å². The number of cyclic esters (lactones) is 1. The van der Waals surface area contributed by atoms with Crippen LogP contribution in [0.4, 0.5) is 4.79 Å². The number of esters is 1. The van der Waals surface area contributed by atoms with Gasteiger partial charge in [-0.25, -0.2) is 15.2 Å². The first kappa shape index (κ1) is 44.6. The number of nitrogens with one attached hydrogen (secondary N) is 1. The van der Waals surface area contributed by atoms with Gasteiger partial charge in [-0.05, 0) is 91.6 Å². The van der Waals surface area contributed by atoms with Crippen LogP contribution < -0.4 is 5.43 Å². The molecule has 5 rings (SSSR count). The van der Waals surface area contributed by atoms with E-state index in [1.807, 2.05) is 63.2 Å². The van der Waals surface area contributed by atoms with E-state index in [9.17, 15) is 24.3 Å². The molecule has 0 spiro atoms. The van der Waals surface area contributed by atoms with Crippen LogP contribution in [0, 0.1) is 23.7 Å². The molecule has 1 unspecified atom stereocenters. The number of ether oxygens (including phenoxy) is 5. The average molecular weight is 797 g/mol. The molecule has 1 amide bonds. The van der Waals surface area contributed by atoms with Crippen molar-refractivity contribution in [3.05, 3.63) is 42.1 Å². The molecule has 2 N–H and O–H groups in total. The van der Waals surface area contributed by atoms with E-state index in [1.54, 1.807) is 40.8 Å². The van der Waals surface area contributed by atoms with Gasteiger partial charge >= 0.3 is 12.1 Å². The third-order valence-electron chi connectivity index (χ3n) is 12.7. The molecule has 14 heteroatoms. The molecule has 57 heavy (non-hydrogen) atoms. The van der Waals surface area contributed by atoms with Crippen molar-refractivity contribution in [3.63, 3.8) is 0 Å². The van der Waals surface area contributed by atoms with Gasteiger partial charge in [0.05, 0.1) is 23.3 Å². The summed E-state index contributed by atoms with van der Waals surface area (Å²) >= 11 is 0. The normalized spacial score (nSPS) is 37.2. The molecule has 14 nitrogen and oxygen atoms in total. The topological polar surface area (TPSA) is 166 Å². The summed E-state index contributed by atoms with van der Waals surface area (Å²) in [7, 11) is 5.23. The minimum atomic E-state index is -1.45. The van der Waals surface area contributed by atoms with Crippen LogP contribution in [0.25, 0.3) is 10.9 Å². The highest BCUT2D eigenvalue weighted by Gasteiger charge is 2.61. The molecule has 3 aliphatic heterocycles. The Morgan fingerprint density at radius 2 is 1.72 bits per heavy atom. The smallest absolute Gasteiger partial charge is 0.425 e. The van der Waals surface area contributed by atoms with Crippen LogP contribution in [0.2, 0.25) is 0 Å². The quantitative estimate of drug-likeness (QED) is 0.190. The molecule has 0 aliphatic carbocycles. The zero-order valence-electron chi connectivity index (χ0n) is 35.5. The number of amides is 1. The van der Waals surface area contributed by atoms with E-state index in [1.165, 1.54) is 19.0 Å². The molecule has 0 bridgehead atoms. The number of Topliss-reactive ketones (excluding diaryl/α,β-unsaturated/α-hetero) is 2. The number of rotatable bonds is 10. The predicted octanol–water partition coefficient (Wildman–Crippen LogP) is 4.88. The van der Waals surface area contributed by atoms with Crippen LogP contribution in [0.1, 0.15) is 86.6 Å². The Morgan fingerprint density at radius 3 is 2.39 bits per heavy atom. The highest BCUT2D eigenvalue weighted by Crippen LogP contribution is 2.42. The number of hydrazine groups is 1. The Labute approximate surface area is 337 Å².